The highest BCUT2D eigenvalue weighted by Gasteiger charge is 2.12. The number of urea groups is 1. The molecule has 4 aromatic rings. The Balaban J connectivity index is 1.40. The van der Waals surface area contributed by atoms with Crippen molar-refractivity contribution >= 4 is 40.1 Å². The van der Waals surface area contributed by atoms with Crippen LogP contribution in [0.2, 0.25) is 0 Å². The Bertz CT molecular complexity index is 1400. The highest BCUT2D eigenvalue weighted by Crippen LogP contribution is 2.23. The molecule has 0 aromatic heterocycles. The smallest absolute Gasteiger partial charge is 0.417 e. The van der Waals surface area contributed by atoms with E-state index in [2.05, 4.69) is 16.0 Å². The van der Waals surface area contributed by atoms with Crippen molar-refractivity contribution < 1.29 is 23.9 Å². The number of ketones is 1. The van der Waals surface area contributed by atoms with Crippen LogP contribution < -0.4 is 25.4 Å². The van der Waals surface area contributed by atoms with Crippen molar-refractivity contribution in [2.75, 3.05) is 24.3 Å². The first-order valence-corrected chi connectivity index (χ1v) is 11.3. The van der Waals surface area contributed by atoms with E-state index in [-0.39, 0.29) is 11.8 Å². The Morgan fingerprint density at radius 3 is 2.00 bits per heavy atom. The van der Waals surface area contributed by atoms with Crippen LogP contribution in [0.1, 0.15) is 22.8 Å². The number of rotatable bonds is 7. The minimum atomic E-state index is -0.644. The predicted molar refractivity (Wildman–Crippen MR) is 139 cm³/mol. The second-order valence-electron chi connectivity index (χ2n) is 7.86. The zero-order valence-electron chi connectivity index (χ0n) is 19.8. The summed E-state index contributed by atoms with van der Waals surface area (Å²) in [5, 5.41) is 9.86. The SMILES string of the molecule is CCNC(=O)Nc1ccc2cc(C(=O)c3ccc(OC(=O)Nc4ccc(OC)cc4)cc3)ccc2c1. The van der Waals surface area contributed by atoms with E-state index in [1.807, 2.05) is 25.1 Å². The normalized spacial score (nSPS) is 10.4. The zero-order chi connectivity index (χ0) is 25.5. The summed E-state index contributed by atoms with van der Waals surface area (Å²) in [6.07, 6.45) is -0.644. The van der Waals surface area contributed by atoms with Crippen molar-refractivity contribution in [2.45, 2.75) is 6.92 Å². The molecule has 0 atom stereocenters. The molecule has 0 heterocycles. The number of anilines is 2. The quantitative estimate of drug-likeness (QED) is 0.287. The van der Waals surface area contributed by atoms with E-state index in [1.165, 1.54) is 0 Å². The Labute approximate surface area is 208 Å². The van der Waals surface area contributed by atoms with Gasteiger partial charge < -0.3 is 20.1 Å². The average Bonchev–Trinajstić information content (AvgIpc) is 2.89. The first-order chi connectivity index (χ1) is 17.4. The monoisotopic (exact) mass is 483 g/mol. The molecular weight excluding hydrogens is 458 g/mol. The highest BCUT2D eigenvalue weighted by atomic mass is 16.6. The van der Waals surface area contributed by atoms with Gasteiger partial charge in [0.2, 0.25) is 0 Å². The van der Waals surface area contributed by atoms with Crippen LogP contribution in [-0.4, -0.2) is 31.6 Å². The van der Waals surface area contributed by atoms with Gasteiger partial charge in [-0.3, -0.25) is 10.1 Å². The molecule has 0 aliphatic carbocycles. The summed E-state index contributed by atoms with van der Waals surface area (Å²) in [4.78, 5) is 36.9. The largest absolute Gasteiger partial charge is 0.497 e. The molecule has 36 heavy (non-hydrogen) atoms. The first kappa shape index (κ1) is 24.3. The molecule has 3 amide bonds. The van der Waals surface area contributed by atoms with E-state index >= 15 is 0 Å². The third kappa shape index (κ3) is 5.98. The second-order valence-corrected chi connectivity index (χ2v) is 7.86. The van der Waals surface area contributed by atoms with Crippen molar-refractivity contribution in [2.24, 2.45) is 0 Å². The number of carbonyl (C=O) groups is 3. The van der Waals surface area contributed by atoms with Gasteiger partial charge in [0.05, 0.1) is 7.11 Å². The number of methoxy groups -OCH3 is 1. The van der Waals surface area contributed by atoms with Crippen LogP contribution in [0.3, 0.4) is 0 Å². The first-order valence-electron chi connectivity index (χ1n) is 11.3. The molecule has 8 heteroatoms. The molecule has 0 radical (unpaired) electrons. The topological polar surface area (TPSA) is 106 Å². The molecule has 8 nitrogen and oxygen atoms in total. The van der Waals surface area contributed by atoms with E-state index in [4.69, 9.17) is 9.47 Å². The Morgan fingerprint density at radius 2 is 1.31 bits per heavy atom. The lowest BCUT2D eigenvalue weighted by atomic mass is 9.99. The summed E-state index contributed by atoms with van der Waals surface area (Å²) in [5.41, 5.74) is 2.22. The van der Waals surface area contributed by atoms with Gasteiger partial charge in [-0.25, -0.2) is 9.59 Å². The fourth-order valence-electron chi connectivity index (χ4n) is 3.57. The van der Waals surface area contributed by atoms with Crippen LogP contribution in [0, 0.1) is 0 Å². The number of hydrogen-bond acceptors (Lipinski definition) is 5. The fraction of sp³-hybridized carbons (Fsp3) is 0.107. The van der Waals surface area contributed by atoms with Gasteiger partial charge in [0, 0.05) is 29.0 Å². The lowest BCUT2D eigenvalue weighted by Crippen LogP contribution is -2.28. The number of benzene rings is 4. The molecule has 4 aromatic carbocycles. The van der Waals surface area contributed by atoms with Gasteiger partial charge in [-0.2, -0.15) is 0 Å². The summed E-state index contributed by atoms with van der Waals surface area (Å²) in [5.74, 6) is 0.831. The summed E-state index contributed by atoms with van der Waals surface area (Å²) in [6.45, 7) is 2.38. The maximum Gasteiger partial charge on any atom is 0.417 e. The Morgan fingerprint density at radius 1 is 0.694 bits per heavy atom. The van der Waals surface area contributed by atoms with E-state index < -0.39 is 6.09 Å². The van der Waals surface area contributed by atoms with Crippen LogP contribution in [0.15, 0.2) is 84.9 Å². The molecule has 4 rings (SSSR count). The lowest BCUT2D eigenvalue weighted by molar-refractivity contribution is 0.103. The molecule has 0 saturated carbocycles. The number of nitrogens with one attached hydrogen (secondary N) is 3. The van der Waals surface area contributed by atoms with Crippen molar-refractivity contribution in [3.63, 3.8) is 0 Å². The molecule has 0 aliphatic heterocycles. The number of hydrogen-bond donors (Lipinski definition) is 3. The van der Waals surface area contributed by atoms with Crippen molar-refractivity contribution in [3.8, 4) is 11.5 Å². The Kier molecular flexibility index (Phi) is 7.45. The molecule has 0 bridgehead atoms. The summed E-state index contributed by atoms with van der Waals surface area (Å²) < 4.78 is 10.4. The number of ether oxygens (including phenoxy) is 2. The van der Waals surface area contributed by atoms with Gasteiger partial charge in [-0.15, -0.1) is 0 Å². The number of fused-ring (bicyclic) bond motifs is 1. The van der Waals surface area contributed by atoms with Gasteiger partial charge in [0.1, 0.15) is 11.5 Å². The molecule has 182 valence electrons. The van der Waals surface area contributed by atoms with Crippen LogP contribution >= 0.6 is 0 Å². The van der Waals surface area contributed by atoms with Gasteiger partial charge in [0.25, 0.3) is 0 Å². The minimum absolute atomic E-state index is 0.157. The van der Waals surface area contributed by atoms with Gasteiger partial charge in [-0.05, 0) is 84.4 Å². The van der Waals surface area contributed by atoms with E-state index in [1.54, 1.807) is 73.8 Å². The van der Waals surface area contributed by atoms with Crippen molar-refractivity contribution in [1.82, 2.24) is 5.32 Å². The second kappa shape index (κ2) is 11.1. The summed E-state index contributed by atoms with van der Waals surface area (Å²) >= 11 is 0. The van der Waals surface area contributed by atoms with Crippen LogP contribution in [0.25, 0.3) is 10.8 Å². The zero-order valence-corrected chi connectivity index (χ0v) is 19.8. The van der Waals surface area contributed by atoms with Crippen LogP contribution in [-0.2, 0) is 0 Å². The summed E-state index contributed by atoms with van der Waals surface area (Å²) in [6, 6.07) is 23.8. The molecule has 0 spiro atoms. The lowest BCUT2D eigenvalue weighted by Gasteiger charge is -2.09. The highest BCUT2D eigenvalue weighted by molar-refractivity contribution is 6.11. The molecule has 0 aliphatic rings. The maximum atomic E-state index is 13.0. The van der Waals surface area contributed by atoms with E-state index in [0.29, 0.717) is 40.5 Å². The predicted octanol–water partition coefficient (Wildman–Crippen LogP) is 5.83. The van der Waals surface area contributed by atoms with Gasteiger partial charge in [-0.1, -0.05) is 18.2 Å². The average molecular weight is 484 g/mol. The number of carbonyl (C=O) groups excluding carboxylic acids is 3. The minimum Gasteiger partial charge on any atom is -0.497 e. The fourth-order valence-corrected chi connectivity index (χ4v) is 3.57. The molecule has 0 fully saturated rings. The summed E-state index contributed by atoms with van der Waals surface area (Å²) in [7, 11) is 1.57. The van der Waals surface area contributed by atoms with Gasteiger partial charge in [0.15, 0.2) is 5.78 Å². The van der Waals surface area contributed by atoms with E-state index in [0.717, 1.165) is 10.8 Å². The van der Waals surface area contributed by atoms with Crippen molar-refractivity contribution in [3.05, 3.63) is 96.1 Å². The van der Waals surface area contributed by atoms with Crippen LogP contribution in [0.4, 0.5) is 21.0 Å². The standard InChI is InChI=1S/C28H25N3O5/c1-3-29-27(33)30-23-9-6-19-16-21(5-4-20(19)17-23)26(32)18-7-12-25(13-8-18)36-28(34)31-22-10-14-24(35-2)15-11-22/h4-17H,3H2,1-2H3,(H,31,34)(H2,29,30,33). The Hall–Kier alpha value is -4.85. The molecule has 3 N–H and O–H groups in total. The molecule has 0 saturated heterocycles. The van der Waals surface area contributed by atoms with Crippen LogP contribution in [0.5, 0.6) is 11.5 Å². The van der Waals surface area contributed by atoms with Gasteiger partial charge >= 0.3 is 12.1 Å². The maximum absolute atomic E-state index is 13.0. The van der Waals surface area contributed by atoms with E-state index in [9.17, 15) is 14.4 Å². The third-order valence-electron chi connectivity index (χ3n) is 5.36. The van der Waals surface area contributed by atoms with Crippen molar-refractivity contribution in [1.29, 1.82) is 0 Å². The third-order valence-corrected chi connectivity index (χ3v) is 5.36. The molecular formula is C28H25N3O5. The molecule has 0 unspecified atom stereocenters. The number of amides is 3.